The predicted molar refractivity (Wildman–Crippen MR) is 68.4 cm³/mol. The molecule has 16 heavy (non-hydrogen) atoms. The lowest BCUT2D eigenvalue weighted by molar-refractivity contribution is -0.114. The molecule has 0 bridgehead atoms. The molecule has 0 radical (unpaired) electrons. The molecule has 0 aliphatic heterocycles. The summed E-state index contributed by atoms with van der Waals surface area (Å²) in [5.74, 6) is 0.134. The molecule has 0 aromatic rings. The molecule has 0 aliphatic rings. The van der Waals surface area contributed by atoms with Crippen molar-refractivity contribution < 1.29 is 9.90 Å². The van der Waals surface area contributed by atoms with Crippen LogP contribution in [-0.2, 0) is 4.79 Å². The molecule has 0 aromatic heterocycles. The van der Waals surface area contributed by atoms with Crippen molar-refractivity contribution >= 4 is 5.78 Å². The standard InChI is InChI=1S/C14H26O2/c1-3-5-6-7-8-10-14(16)12-9-11-13(15)4-2/h9,11,14,16H,3-8,10,12H2,1-2H3. The molecule has 1 unspecified atom stereocenters. The summed E-state index contributed by atoms with van der Waals surface area (Å²) in [6.07, 6.45) is 11.2. The van der Waals surface area contributed by atoms with Crippen LogP contribution in [0.4, 0.5) is 0 Å². The van der Waals surface area contributed by atoms with E-state index in [0.717, 1.165) is 12.8 Å². The van der Waals surface area contributed by atoms with E-state index in [9.17, 15) is 9.90 Å². The largest absolute Gasteiger partial charge is 0.393 e. The third kappa shape index (κ3) is 9.91. The smallest absolute Gasteiger partial charge is 0.155 e. The summed E-state index contributed by atoms with van der Waals surface area (Å²) >= 11 is 0. The average Bonchev–Trinajstić information content (AvgIpc) is 2.28. The Labute approximate surface area is 99.7 Å². The van der Waals surface area contributed by atoms with Gasteiger partial charge in [-0.25, -0.2) is 0 Å². The monoisotopic (exact) mass is 226 g/mol. The number of rotatable bonds is 10. The first kappa shape index (κ1) is 15.4. The molecule has 2 nitrogen and oxygen atoms in total. The molecule has 0 fully saturated rings. The van der Waals surface area contributed by atoms with Crippen LogP contribution in [0, 0.1) is 0 Å². The van der Waals surface area contributed by atoms with Crippen LogP contribution in [0.15, 0.2) is 12.2 Å². The lowest BCUT2D eigenvalue weighted by atomic mass is 10.1. The Hall–Kier alpha value is -0.630. The first-order valence-electron chi connectivity index (χ1n) is 6.58. The van der Waals surface area contributed by atoms with E-state index < -0.39 is 0 Å². The van der Waals surface area contributed by atoms with E-state index in [1.165, 1.54) is 25.7 Å². The summed E-state index contributed by atoms with van der Waals surface area (Å²) in [4.78, 5) is 11.0. The van der Waals surface area contributed by atoms with Crippen LogP contribution in [0.5, 0.6) is 0 Å². The number of allylic oxidation sites excluding steroid dienone is 1. The third-order valence-electron chi connectivity index (χ3n) is 2.70. The van der Waals surface area contributed by atoms with Crippen LogP contribution in [0.3, 0.4) is 0 Å². The summed E-state index contributed by atoms with van der Waals surface area (Å²) in [6.45, 7) is 4.04. The van der Waals surface area contributed by atoms with Crippen LogP contribution in [0.1, 0.15) is 65.2 Å². The maximum atomic E-state index is 11.0. The molecule has 0 heterocycles. The molecule has 0 rings (SSSR count). The van der Waals surface area contributed by atoms with Gasteiger partial charge < -0.3 is 5.11 Å². The van der Waals surface area contributed by atoms with Crippen LogP contribution < -0.4 is 0 Å². The van der Waals surface area contributed by atoms with Crippen molar-refractivity contribution in [2.75, 3.05) is 0 Å². The van der Waals surface area contributed by atoms with E-state index in [0.29, 0.717) is 12.8 Å². The molecule has 1 atom stereocenters. The van der Waals surface area contributed by atoms with Crippen molar-refractivity contribution in [2.24, 2.45) is 0 Å². The quantitative estimate of drug-likeness (QED) is 0.456. The summed E-state index contributed by atoms with van der Waals surface area (Å²) in [5.41, 5.74) is 0. The molecule has 0 saturated carbocycles. The second-order valence-corrected chi connectivity index (χ2v) is 4.31. The number of hydrogen-bond donors (Lipinski definition) is 1. The summed E-state index contributed by atoms with van der Waals surface area (Å²) in [5, 5.41) is 9.63. The van der Waals surface area contributed by atoms with Gasteiger partial charge in [0, 0.05) is 6.42 Å². The number of carbonyl (C=O) groups excluding carboxylic acids is 1. The molecule has 0 aliphatic carbocycles. The van der Waals surface area contributed by atoms with E-state index in [1.54, 1.807) is 12.2 Å². The number of aliphatic hydroxyl groups excluding tert-OH is 1. The van der Waals surface area contributed by atoms with Gasteiger partial charge in [0.05, 0.1) is 6.10 Å². The Morgan fingerprint density at radius 1 is 1.19 bits per heavy atom. The number of ketones is 1. The molecule has 1 N–H and O–H groups in total. The Morgan fingerprint density at radius 3 is 2.50 bits per heavy atom. The Kier molecular flexibility index (Phi) is 10.4. The second kappa shape index (κ2) is 10.9. The van der Waals surface area contributed by atoms with E-state index in [2.05, 4.69) is 6.92 Å². The van der Waals surface area contributed by atoms with Crippen molar-refractivity contribution in [3.05, 3.63) is 12.2 Å². The zero-order valence-electron chi connectivity index (χ0n) is 10.7. The van der Waals surface area contributed by atoms with Gasteiger partial charge in [-0.1, -0.05) is 52.0 Å². The summed E-state index contributed by atoms with van der Waals surface area (Å²) < 4.78 is 0. The zero-order chi connectivity index (χ0) is 12.2. The molecular formula is C14H26O2. The molecule has 0 spiro atoms. The van der Waals surface area contributed by atoms with E-state index in [4.69, 9.17) is 0 Å². The van der Waals surface area contributed by atoms with Gasteiger partial charge >= 0.3 is 0 Å². The number of aliphatic hydroxyl groups is 1. The zero-order valence-corrected chi connectivity index (χ0v) is 10.7. The third-order valence-corrected chi connectivity index (χ3v) is 2.70. The molecule has 2 heteroatoms. The Bertz CT molecular complexity index is 197. The second-order valence-electron chi connectivity index (χ2n) is 4.31. The normalized spacial score (nSPS) is 13.2. The van der Waals surface area contributed by atoms with Crippen molar-refractivity contribution in [3.63, 3.8) is 0 Å². The van der Waals surface area contributed by atoms with Gasteiger partial charge in [-0.2, -0.15) is 0 Å². The summed E-state index contributed by atoms with van der Waals surface area (Å²) in [7, 11) is 0. The van der Waals surface area contributed by atoms with Crippen LogP contribution >= 0.6 is 0 Å². The fourth-order valence-corrected chi connectivity index (χ4v) is 1.58. The van der Waals surface area contributed by atoms with Crippen molar-refractivity contribution in [1.82, 2.24) is 0 Å². The minimum absolute atomic E-state index is 0.134. The van der Waals surface area contributed by atoms with Crippen molar-refractivity contribution in [2.45, 2.75) is 71.3 Å². The Balaban J connectivity index is 3.40. The highest BCUT2D eigenvalue weighted by Gasteiger charge is 2.01. The number of carbonyl (C=O) groups is 1. The van der Waals surface area contributed by atoms with E-state index in [-0.39, 0.29) is 11.9 Å². The van der Waals surface area contributed by atoms with Crippen LogP contribution in [0.25, 0.3) is 0 Å². The van der Waals surface area contributed by atoms with Gasteiger partial charge in [0.25, 0.3) is 0 Å². The lowest BCUT2D eigenvalue weighted by Crippen LogP contribution is -2.04. The van der Waals surface area contributed by atoms with Crippen LogP contribution in [0.2, 0.25) is 0 Å². The predicted octanol–water partition coefficient (Wildman–Crippen LogP) is 3.63. The van der Waals surface area contributed by atoms with Gasteiger partial charge in [-0.05, 0) is 18.9 Å². The van der Waals surface area contributed by atoms with Gasteiger partial charge in [0.15, 0.2) is 5.78 Å². The highest BCUT2D eigenvalue weighted by molar-refractivity contribution is 5.89. The molecule has 0 saturated heterocycles. The molecule has 94 valence electrons. The topological polar surface area (TPSA) is 37.3 Å². The molecular weight excluding hydrogens is 200 g/mol. The van der Waals surface area contributed by atoms with Gasteiger partial charge in [0.1, 0.15) is 0 Å². The maximum Gasteiger partial charge on any atom is 0.155 e. The fourth-order valence-electron chi connectivity index (χ4n) is 1.58. The SMILES string of the molecule is CCCCCCCC(O)CC=CC(=O)CC. The van der Waals surface area contributed by atoms with Gasteiger partial charge in [-0.3, -0.25) is 4.79 Å². The minimum Gasteiger partial charge on any atom is -0.393 e. The Morgan fingerprint density at radius 2 is 1.88 bits per heavy atom. The maximum absolute atomic E-state index is 11.0. The first-order chi connectivity index (χ1) is 7.70. The van der Waals surface area contributed by atoms with Gasteiger partial charge in [0.2, 0.25) is 0 Å². The number of unbranched alkanes of at least 4 members (excludes halogenated alkanes) is 4. The van der Waals surface area contributed by atoms with Crippen LogP contribution in [-0.4, -0.2) is 17.0 Å². The van der Waals surface area contributed by atoms with Gasteiger partial charge in [-0.15, -0.1) is 0 Å². The average molecular weight is 226 g/mol. The minimum atomic E-state index is -0.275. The lowest BCUT2D eigenvalue weighted by Gasteiger charge is -2.07. The van der Waals surface area contributed by atoms with E-state index >= 15 is 0 Å². The fraction of sp³-hybridized carbons (Fsp3) is 0.786. The van der Waals surface area contributed by atoms with Crippen molar-refractivity contribution in [1.29, 1.82) is 0 Å². The summed E-state index contributed by atoms with van der Waals surface area (Å²) in [6, 6.07) is 0. The molecule has 0 aromatic carbocycles. The highest BCUT2D eigenvalue weighted by Crippen LogP contribution is 2.09. The highest BCUT2D eigenvalue weighted by atomic mass is 16.3. The number of hydrogen-bond acceptors (Lipinski definition) is 2. The van der Waals surface area contributed by atoms with Crippen molar-refractivity contribution in [3.8, 4) is 0 Å². The first-order valence-corrected chi connectivity index (χ1v) is 6.58. The molecule has 0 amide bonds. The van der Waals surface area contributed by atoms with E-state index in [1.807, 2.05) is 6.92 Å².